The number of rotatable bonds is 3. The highest BCUT2D eigenvalue weighted by Gasteiger charge is 2.12. The Balaban J connectivity index is 2.84. The van der Waals surface area contributed by atoms with E-state index in [2.05, 4.69) is 10.1 Å². The van der Waals surface area contributed by atoms with E-state index in [0.29, 0.717) is 12.5 Å². The van der Waals surface area contributed by atoms with Crippen LogP contribution in [-0.2, 0) is 6.54 Å². The second-order valence-corrected chi connectivity index (χ2v) is 2.96. The minimum absolute atomic E-state index is 0.00343. The van der Waals surface area contributed by atoms with E-state index in [1.807, 2.05) is 13.8 Å². The molecule has 1 rings (SSSR count). The van der Waals surface area contributed by atoms with Gasteiger partial charge in [0.15, 0.2) is 0 Å². The molecule has 1 N–H and O–H groups in total. The largest absolute Gasteiger partial charge is 0.475 e. The zero-order valence-electron chi connectivity index (χ0n) is 7.06. The molecular formula is C7H11N3O2. The van der Waals surface area contributed by atoms with Crippen LogP contribution in [0.25, 0.3) is 0 Å². The van der Waals surface area contributed by atoms with Crippen LogP contribution in [0.1, 0.15) is 24.5 Å². The van der Waals surface area contributed by atoms with Crippen LogP contribution in [0.2, 0.25) is 0 Å². The van der Waals surface area contributed by atoms with Gasteiger partial charge in [0.2, 0.25) is 5.82 Å². The lowest BCUT2D eigenvalue weighted by Gasteiger charge is -2.04. The molecule has 0 unspecified atom stereocenters. The Morgan fingerprint density at radius 1 is 1.75 bits per heavy atom. The first-order chi connectivity index (χ1) is 5.61. The minimum Gasteiger partial charge on any atom is -0.475 e. The van der Waals surface area contributed by atoms with Gasteiger partial charge >= 0.3 is 5.97 Å². The van der Waals surface area contributed by atoms with Crippen LogP contribution in [0, 0.1) is 5.92 Å². The molecule has 0 aliphatic heterocycles. The normalized spacial score (nSPS) is 10.6. The van der Waals surface area contributed by atoms with Gasteiger partial charge in [-0.15, -0.1) is 0 Å². The molecule has 1 heterocycles. The van der Waals surface area contributed by atoms with Crippen molar-refractivity contribution in [3.63, 3.8) is 0 Å². The van der Waals surface area contributed by atoms with Crippen LogP contribution in [0.4, 0.5) is 0 Å². The highest BCUT2D eigenvalue weighted by Crippen LogP contribution is 2.00. The van der Waals surface area contributed by atoms with E-state index in [1.54, 1.807) is 0 Å². The molecule has 0 saturated heterocycles. The van der Waals surface area contributed by atoms with Crippen molar-refractivity contribution in [3.8, 4) is 0 Å². The fraction of sp³-hybridized carbons (Fsp3) is 0.571. The summed E-state index contributed by atoms with van der Waals surface area (Å²) in [5.74, 6) is -0.665. The Morgan fingerprint density at radius 3 is 2.92 bits per heavy atom. The van der Waals surface area contributed by atoms with E-state index in [1.165, 1.54) is 11.0 Å². The standard InChI is InChI=1S/C7H11N3O2/c1-5(2)3-10-6(7(11)12)8-4-9-10/h4-5H,3H2,1-2H3,(H,11,12). The molecule has 1 aromatic rings. The van der Waals surface area contributed by atoms with Crippen molar-refractivity contribution in [2.45, 2.75) is 20.4 Å². The lowest BCUT2D eigenvalue weighted by molar-refractivity contribution is 0.0675. The first-order valence-corrected chi connectivity index (χ1v) is 3.72. The fourth-order valence-corrected chi connectivity index (χ4v) is 0.909. The summed E-state index contributed by atoms with van der Waals surface area (Å²) in [4.78, 5) is 14.2. The number of nitrogens with zero attached hydrogens (tertiary/aromatic N) is 3. The van der Waals surface area contributed by atoms with Crippen LogP contribution in [0.15, 0.2) is 6.33 Å². The third-order valence-corrected chi connectivity index (χ3v) is 1.34. The highest BCUT2D eigenvalue weighted by atomic mass is 16.4. The summed E-state index contributed by atoms with van der Waals surface area (Å²) in [6.45, 7) is 4.57. The van der Waals surface area contributed by atoms with Gasteiger partial charge in [0.05, 0.1) is 0 Å². The number of hydrogen-bond donors (Lipinski definition) is 1. The van der Waals surface area contributed by atoms with Gasteiger partial charge in [0.1, 0.15) is 6.33 Å². The minimum atomic E-state index is -1.03. The molecule has 0 aromatic carbocycles. The van der Waals surface area contributed by atoms with Crippen molar-refractivity contribution in [2.75, 3.05) is 0 Å². The summed E-state index contributed by atoms with van der Waals surface area (Å²) >= 11 is 0. The Bertz CT molecular complexity index is 280. The van der Waals surface area contributed by atoms with E-state index in [-0.39, 0.29) is 5.82 Å². The Hall–Kier alpha value is -1.39. The summed E-state index contributed by atoms with van der Waals surface area (Å²) in [7, 11) is 0. The van der Waals surface area contributed by atoms with E-state index in [0.717, 1.165) is 0 Å². The molecule has 0 aliphatic carbocycles. The second-order valence-electron chi connectivity index (χ2n) is 2.96. The van der Waals surface area contributed by atoms with Crippen molar-refractivity contribution < 1.29 is 9.90 Å². The SMILES string of the molecule is CC(C)Cn1ncnc1C(=O)O. The number of carbonyl (C=O) groups is 1. The molecule has 0 amide bonds. The van der Waals surface area contributed by atoms with E-state index in [9.17, 15) is 4.79 Å². The molecule has 0 atom stereocenters. The number of aromatic nitrogens is 3. The third kappa shape index (κ3) is 1.81. The average molecular weight is 169 g/mol. The number of carboxylic acid groups (broad SMARTS) is 1. The summed E-state index contributed by atoms with van der Waals surface area (Å²) < 4.78 is 1.40. The quantitative estimate of drug-likeness (QED) is 0.720. The van der Waals surface area contributed by atoms with Gasteiger partial charge in [0, 0.05) is 6.54 Å². The van der Waals surface area contributed by atoms with Gasteiger partial charge < -0.3 is 5.11 Å². The van der Waals surface area contributed by atoms with E-state index >= 15 is 0 Å². The second kappa shape index (κ2) is 3.34. The molecule has 0 spiro atoms. The van der Waals surface area contributed by atoms with Crippen LogP contribution in [-0.4, -0.2) is 25.8 Å². The van der Waals surface area contributed by atoms with Crippen molar-refractivity contribution in [2.24, 2.45) is 5.92 Å². The molecular weight excluding hydrogens is 158 g/mol. The molecule has 0 radical (unpaired) electrons. The third-order valence-electron chi connectivity index (χ3n) is 1.34. The Kier molecular flexibility index (Phi) is 2.42. The first kappa shape index (κ1) is 8.70. The molecule has 12 heavy (non-hydrogen) atoms. The predicted octanol–water partition coefficient (Wildman–Crippen LogP) is 0.632. The maximum atomic E-state index is 10.5. The van der Waals surface area contributed by atoms with Gasteiger partial charge in [-0.3, -0.25) is 0 Å². The van der Waals surface area contributed by atoms with Crippen LogP contribution < -0.4 is 0 Å². The van der Waals surface area contributed by atoms with Crippen molar-refractivity contribution in [1.82, 2.24) is 14.8 Å². The average Bonchev–Trinajstić information content (AvgIpc) is 2.33. The zero-order chi connectivity index (χ0) is 9.14. The van der Waals surface area contributed by atoms with E-state index in [4.69, 9.17) is 5.11 Å². The summed E-state index contributed by atoms with van der Waals surface area (Å²) in [6, 6.07) is 0. The monoisotopic (exact) mass is 169 g/mol. The van der Waals surface area contributed by atoms with Gasteiger partial charge in [-0.1, -0.05) is 13.8 Å². The molecule has 1 aromatic heterocycles. The summed E-state index contributed by atoms with van der Waals surface area (Å²) in [5, 5.41) is 12.4. The molecule has 5 nitrogen and oxygen atoms in total. The molecule has 0 bridgehead atoms. The maximum Gasteiger partial charge on any atom is 0.373 e. The molecule has 0 aliphatic rings. The number of aromatic carboxylic acids is 1. The summed E-state index contributed by atoms with van der Waals surface area (Å²) in [6.07, 6.45) is 1.26. The van der Waals surface area contributed by atoms with Crippen LogP contribution >= 0.6 is 0 Å². The lowest BCUT2D eigenvalue weighted by atomic mass is 10.2. The summed E-state index contributed by atoms with van der Waals surface area (Å²) in [5.41, 5.74) is 0. The first-order valence-electron chi connectivity index (χ1n) is 3.72. The zero-order valence-corrected chi connectivity index (χ0v) is 7.06. The van der Waals surface area contributed by atoms with Gasteiger partial charge in [-0.2, -0.15) is 5.10 Å². The Labute approximate surface area is 70.0 Å². The van der Waals surface area contributed by atoms with E-state index < -0.39 is 5.97 Å². The molecule has 0 fully saturated rings. The van der Waals surface area contributed by atoms with Crippen molar-refractivity contribution in [1.29, 1.82) is 0 Å². The smallest absolute Gasteiger partial charge is 0.373 e. The predicted molar refractivity (Wildman–Crippen MR) is 41.8 cm³/mol. The molecule has 0 saturated carbocycles. The molecule has 66 valence electrons. The lowest BCUT2D eigenvalue weighted by Crippen LogP contribution is -2.14. The number of carboxylic acids is 1. The Morgan fingerprint density at radius 2 is 2.42 bits per heavy atom. The number of hydrogen-bond acceptors (Lipinski definition) is 3. The van der Waals surface area contributed by atoms with Crippen LogP contribution in [0.5, 0.6) is 0 Å². The molecule has 5 heteroatoms. The van der Waals surface area contributed by atoms with Gasteiger partial charge in [-0.05, 0) is 5.92 Å². The van der Waals surface area contributed by atoms with Gasteiger partial charge in [-0.25, -0.2) is 14.5 Å². The van der Waals surface area contributed by atoms with Crippen molar-refractivity contribution in [3.05, 3.63) is 12.2 Å². The fourth-order valence-electron chi connectivity index (χ4n) is 0.909. The van der Waals surface area contributed by atoms with Crippen molar-refractivity contribution >= 4 is 5.97 Å². The topological polar surface area (TPSA) is 68.0 Å². The highest BCUT2D eigenvalue weighted by molar-refractivity contribution is 5.83. The van der Waals surface area contributed by atoms with Gasteiger partial charge in [0.25, 0.3) is 0 Å². The maximum absolute atomic E-state index is 10.5. The van der Waals surface area contributed by atoms with Crippen LogP contribution in [0.3, 0.4) is 0 Å².